The van der Waals surface area contributed by atoms with Crippen molar-refractivity contribution in [2.45, 2.75) is 251 Å². The first kappa shape index (κ1) is 72.7. The topological polar surface area (TPSA) is 108 Å². The molecule has 0 aromatic heterocycles. The Morgan fingerprint density at radius 2 is 0.750 bits per heavy atom. The highest BCUT2D eigenvalue weighted by atomic mass is 31.2. The molecular formula is C66H115NO8P+. The van der Waals surface area contributed by atoms with Crippen molar-refractivity contribution in [3.05, 3.63) is 109 Å². The minimum atomic E-state index is -4.39. The molecule has 0 spiro atoms. The number of allylic oxidation sites excluding steroid dienone is 18. The van der Waals surface area contributed by atoms with Gasteiger partial charge in [0, 0.05) is 12.8 Å². The average Bonchev–Trinajstić information content (AvgIpc) is 3.38. The molecular weight excluding hydrogens is 966 g/mol. The van der Waals surface area contributed by atoms with Gasteiger partial charge in [0.15, 0.2) is 6.10 Å². The molecule has 0 amide bonds. The molecule has 0 bridgehead atoms. The minimum absolute atomic E-state index is 0.0284. The van der Waals surface area contributed by atoms with Gasteiger partial charge in [0.1, 0.15) is 19.8 Å². The number of nitrogens with zero attached hydrogens (tertiary/aromatic N) is 1. The third-order valence-corrected chi connectivity index (χ3v) is 13.8. The summed E-state index contributed by atoms with van der Waals surface area (Å²) >= 11 is 0. The maximum Gasteiger partial charge on any atom is 0.472 e. The van der Waals surface area contributed by atoms with Gasteiger partial charge in [-0.15, -0.1) is 0 Å². The fourth-order valence-corrected chi connectivity index (χ4v) is 8.87. The highest BCUT2D eigenvalue weighted by molar-refractivity contribution is 7.47. The van der Waals surface area contributed by atoms with Gasteiger partial charge >= 0.3 is 19.8 Å². The lowest BCUT2D eigenvalue weighted by atomic mass is 10.0. The van der Waals surface area contributed by atoms with Gasteiger partial charge in [-0.25, -0.2) is 4.57 Å². The molecule has 0 aromatic carbocycles. The summed E-state index contributed by atoms with van der Waals surface area (Å²) in [6.07, 6.45) is 78.8. The molecule has 0 aliphatic heterocycles. The maximum absolute atomic E-state index is 12.8. The van der Waals surface area contributed by atoms with E-state index in [9.17, 15) is 19.0 Å². The number of rotatable bonds is 55. The van der Waals surface area contributed by atoms with Crippen LogP contribution in [0.15, 0.2) is 109 Å². The zero-order valence-electron chi connectivity index (χ0n) is 49.5. The third kappa shape index (κ3) is 59.9. The SMILES string of the molecule is CC/C=C\C/C=C\C/C=C\C/C=C\C/C=C\C/C=C\C/C=C\C/C=C\C/C=C\CCCCCCCCCCCCCC(=O)OC(COC(=O)CCCCCCCCCCCCCCC)COP(=O)(O)OCC[N+](C)(C)C. The normalized spacial score (nSPS) is 14.0. The van der Waals surface area contributed by atoms with Crippen molar-refractivity contribution in [1.29, 1.82) is 0 Å². The molecule has 0 heterocycles. The van der Waals surface area contributed by atoms with Crippen molar-refractivity contribution in [2.24, 2.45) is 0 Å². The first-order valence-corrected chi connectivity index (χ1v) is 32.1. The lowest BCUT2D eigenvalue weighted by molar-refractivity contribution is -0.870. The van der Waals surface area contributed by atoms with Gasteiger partial charge in [-0.2, -0.15) is 0 Å². The molecule has 0 rings (SSSR count). The van der Waals surface area contributed by atoms with Gasteiger partial charge in [0.2, 0.25) is 0 Å². The highest BCUT2D eigenvalue weighted by Gasteiger charge is 2.27. The Kier molecular flexibility index (Phi) is 53.9. The maximum atomic E-state index is 12.8. The van der Waals surface area contributed by atoms with E-state index in [0.717, 1.165) is 103 Å². The van der Waals surface area contributed by atoms with Crippen molar-refractivity contribution in [3.63, 3.8) is 0 Å². The Bertz CT molecular complexity index is 1650. The molecule has 76 heavy (non-hydrogen) atoms. The van der Waals surface area contributed by atoms with Gasteiger partial charge in [-0.3, -0.25) is 18.6 Å². The van der Waals surface area contributed by atoms with Crippen LogP contribution in [0.25, 0.3) is 0 Å². The van der Waals surface area contributed by atoms with Crippen LogP contribution in [-0.4, -0.2) is 74.9 Å². The molecule has 10 heteroatoms. The van der Waals surface area contributed by atoms with E-state index in [1.807, 2.05) is 21.1 Å². The number of ether oxygens (including phenoxy) is 2. The van der Waals surface area contributed by atoms with Crippen molar-refractivity contribution < 1.29 is 42.1 Å². The summed E-state index contributed by atoms with van der Waals surface area (Å²) in [5, 5.41) is 0. The molecule has 0 saturated heterocycles. The number of unbranched alkanes of at least 4 members (excludes halogenated alkanes) is 23. The summed E-state index contributed by atoms with van der Waals surface area (Å²) < 4.78 is 34.5. The van der Waals surface area contributed by atoms with Crippen LogP contribution in [0.2, 0.25) is 0 Å². The lowest BCUT2D eigenvalue weighted by Crippen LogP contribution is -2.37. The van der Waals surface area contributed by atoms with E-state index in [1.165, 1.54) is 109 Å². The Balaban J connectivity index is 4.05. The van der Waals surface area contributed by atoms with E-state index < -0.39 is 26.5 Å². The zero-order chi connectivity index (χ0) is 55.6. The van der Waals surface area contributed by atoms with Gasteiger partial charge in [-0.05, 0) is 83.5 Å². The molecule has 0 aromatic rings. The van der Waals surface area contributed by atoms with Crippen LogP contribution in [-0.2, 0) is 32.7 Å². The summed E-state index contributed by atoms with van der Waals surface area (Å²) in [5.41, 5.74) is 0. The number of hydrogen-bond acceptors (Lipinski definition) is 7. The monoisotopic (exact) mass is 1080 g/mol. The van der Waals surface area contributed by atoms with Crippen molar-refractivity contribution in [2.75, 3.05) is 47.5 Å². The standard InChI is InChI=1S/C66H114NO8P/c1-6-8-10-12-14-16-18-20-21-22-23-24-25-26-27-28-29-30-31-32-33-34-35-36-37-38-39-40-41-42-43-44-45-47-49-51-53-55-57-59-66(69)75-64(63-74-76(70,71)73-61-60-67(3,4)5)62-72-65(68)58-56-54-52-50-48-46-19-17-15-13-11-9-7-2/h8,10,14,16,20-21,23-24,26-27,29-30,32-33,35-36,38-39,64H,6-7,9,11-13,15,17-19,22,25,28,31,34,37,40-63H2,1-5H3/p+1/b10-8-,16-14-,21-20-,24-23-,27-26-,30-29-,33-32-,36-35-,39-38-. The van der Waals surface area contributed by atoms with E-state index in [1.54, 1.807) is 0 Å². The largest absolute Gasteiger partial charge is 0.472 e. The summed E-state index contributed by atoms with van der Waals surface area (Å²) in [7, 11) is 1.47. The van der Waals surface area contributed by atoms with Gasteiger partial charge in [-0.1, -0.05) is 258 Å². The number of phosphoric acid groups is 1. The molecule has 0 radical (unpaired) electrons. The summed E-state index contributed by atoms with van der Waals surface area (Å²) in [6, 6.07) is 0. The lowest BCUT2D eigenvalue weighted by Gasteiger charge is -2.24. The Hall–Kier alpha value is -3.33. The van der Waals surface area contributed by atoms with E-state index in [2.05, 4.69) is 123 Å². The summed E-state index contributed by atoms with van der Waals surface area (Å²) in [4.78, 5) is 35.6. The second-order valence-electron chi connectivity index (χ2n) is 21.4. The molecule has 0 aliphatic rings. The number of hydrogen-bond donors (Lipinski definition) is 1. The first-order chi connectivity index (χ1) is 37.0. The fourth-order valence-electron chi connectivity index (χ4n) is 8.13. The Morgan fingerprint density at radius 3 is 1.12 bits per heavy atom. The van der Waals surface area contributed by atoms with E-state index in [0.29, 0.717) is 17.4 Å². The molecule has 2 atom stereocenters. The molecule has 1 N–H and O–H groups in total. The molecule has 436 valence electrons. The number of likely N-dealkylation sites (N-methyl/N-ethyl adjacent to an activating group) is 1. The van der Waals surface area contributed by atoms with Crippen molar-refractivity contribution >= 4 is 19.8 Å². The van der Waals surface area contributed by atoms with Crippen LogP contribution in [0.3, 0.4) is 0 Å². The van der Waals surface area contributed by atoms with E-state index >= 15 is 0 Å². The zero-order valence-corrected chi connectivity index (χ0v) is 50.3. The third-order valence-electron chi connectivity index (χ3n) is 12.8. The van der Waals surface area contributed by atoms with E-state index in [4.69, 9.17) is 18.5 Å². The number of carbonyl (C=O) groups excluding carboxylic acids is 2. The van der Waals surface area contributed by atoms with Crippen LogP contribution in [0.5, 0.6) is 0 Å². The predicted molar refractivity (Wildman–Crippen MR) is 325 cm³/mol. The summed E-state index contributed by atoms with van der Waals surface area (Å²) in [5.74, 6) is -0.800. The van der Waals surface area contributed by atoms with Crippen LogP contribution in [0, 0.1) is 0 Å². The molecule has 0 saturated carbocycles. The number of quaternary nitrogens is 1. The first-order valence-electron chi connectivity index (χ1n) is 30.6. The smallest absolute Gasteiger partial charge is 0.462 e. The van der Waals surface area contributed by atoms with Crippen LogP contribution < -0.4 is 0 Å². The average molecular weight is 1080 g/mol. The van der Waals surface area contributed by atoms with Crippen LogP contribution in [0.1, 0.15) is 245 Å². The number of phosphoric ester groups is 1. The summed E-state index contributed by atoms with van der Waals surface area (Å²) in [6.45, 7) is 4.31. The predicted octanol–water partition coefficient (Wildman–Crippen LogP) is 19.4. The molecule has 0 fully saturated rings. The quantitative estimate of drug-likeness (QED) is 0.0211. The number of esters is 2. The fraction of sp³-hybridized carbons (Fsp3) is 0.697. The second kappa shape index (κ2) is 56.4. The second-order valence-corrected chi connectivity index (χ2v) is 22.8. The Morgan fingerprint density at radius 1 is 0.421 bits per heavy atom. The van der Waals surface area contributed by atoms with Crippen LogP contribution >= 0.6 is 7.82 Å². The van der Waals surface area contributed by atoms with Gasteiger partial charge in [0.05, 0.1) is 27.7 Å². The molecule has 2 unspecified atom stereocenters. The van der Waals surface area contributed by atoms with Crippen molar-refractivity contribution in [3.8, 4) is 0 Å². The van der Waals surface area contributed by atoms with E-state index in [-0.39, 0.29) is 32.0 Å². The molecule has 9 nitrogen and oxygen atoms in total. The number of carbonyl (C=O) groups is 2. The Labute approximate surface area is 467 Å². The minimum Gasteiger partial charge on any atom is -0.462 e. The van der Waals surface area contributed by atoms with Crippen LogP contribution in [0.4, 0.5) is 0 Å². The van der Waals surface area contributed by atoms with Gasteiger partial charge < -0.3 is 18.9 Å². The van der Waals surface area contributed by atoms with Crippen molar-refractivity contribution in [1.82, 2.24) is 0 Å². The van der Waals surface area contributed by atoms with Gasteiger partial charge in [0.25, 0.3) is 0 Å². The highest BCUT2D eigenvalue weighted by Crippen LogP contribution is 2.43. The molecule has 0 aliphatic carbocycles.